The number of amidine groups is 1. The van der Waals surface area contributed by atoms with Gasteiger partial charge in [-0.25, -0.2) is 4.99 Å². The fourth-order valence-corrected chi connectivity index (χ4v) is 5.31. The monoisotopic (exact) mass is 442 g/mol. The van der Waals surface area contributed by atoms with Crippen LogP contribution in [0.15, 0.2) is 70.4 Å². The summed E-state index contributed by atoms with van der Waals surface area (Å²) in [6.45, 7) is 0.346. The quantitative estimate of drug-likeness (QED) is 0.660. The van der Waals surface area contributed by atoms with E-state index in [1.54, 1.807) is 0 Å². The molecule has 2 aromatic rings. The Morgan fingerprint density at radius 1 is 1.30 bits per heavy atom. The molecule has 1 aromatic heterocycles. The van der Waals surface area contributed by atoms with Crippen molar-refractivity contribution < 1.29 is 4.79 Å². The summed E-state index contributed by atoms with van der Waals surface area (Å²) in [5.41, 5.74) is 6.89. The smallest absolute Gasteiger partial charge is 0.261 e. The zero-order valence-corrected chi connectivity index (χ0v) is 16.8. The first kappa shape index (κ1) is 18.2. The lowest BCUT2D eigenvalue weighted by molar-refractivity contribution is 0.0942. The fraction of sp³-hybridized carbons (Fsp3) is 0.200. The highest BCUT2D eigenvalue weighted by Crippen LogP contribution is 2.41. The van der Waals surface area contributed by atoms with Crippen LogP contribution < -0.4 is 16.4 Å². The summed E-state index contributed by atoms with van der Waals surface area (Å²) >= 11 is 5.14. The zero-order chi connectivity index (χ0) is 18.8. The van der Waals surface area contributed by atoms with Crippen LogP contribution in [0.4, 0.5) is 0 Å². The molecule has 2 aliphatic rings. The van der Waals surface area contributed by atoms with Gasteiger partial charge in [0.2, 0.25) is 0 Å². The number of carbonyl (C=O) groups excluding carboxylic acids is 1. The van der Waals surface area contributed by atoms with E-state index >= 15 is 0 Å². The van der Waals surface area contributed by atoms with Crippen molar-refractivity contribution in [1.29, 1.82) is 0 Å². The van der Waals surface area contributed by atoms with E-state index in [4.69, 9.17) is 5.73 Å². The lowest BCUT2D eigenvalue weighted by Gasteiger charge is -2.21. The number of rotatable bonds is 5. The van der Waals surface area contributed by atoms with Crippen LogP contribution in [0.3, 0.4) is 0 Å². The Morgan fingerprint density at radius 3 is 2.89 bits per heavy atom. The van der Waals surface area contributed by atoms with Crippen LogP contribution >= 0.6 is 27.3 Å². The predicted octanol–water partition coefficient (Wildman–Crippen LogP) is 3.68. The van der Waals surface area contributed by atoms with Gasteiger partial charge in [0, 0.05) is 33.9 Å². The first-order valence-electron chi connectivity index (χ1n) is 8.70. The van der Waals surface area contributed by atoms with E-state index in [-0.39, 0.29) is 23.8 Å². The summed E-state index contributed by atoms with van der Waals surface area (Å²) in [5.74, 6) is 1.17. The van der Waals surface area contributed by atoms with Crippen LogP contribution in [0.2, 0.25) is 0 Å². The van der Waals surface area contributed by atoms with Gasteiger partial charge in [0.15, 0.2) is 0 Å². The molecule has 7 heteroatoms. The van der Waals surface area contributed by atoms with Gasteiger partial charge in [-0.2, -0.15) is 0 Å². The molecule has 4 rings (SSSR count). The van der Waals surface area contributed by atoms with Crippen LogP contribution in [0.25, 0.3) is 0 Å². The van der Waals surface area contributed by atoms with Crippen LogP contribution in [0, 0.1) is 5.92 Å². The first-order chi connectivity index (χ1) is 13.2. The second-order valence-electron chi connectivity index (χ2n) is 6.41. The molecular weight excluding hydrogens is 424 g/mol. The lowest BCUT2D eigenvalue weighted by Crippen LogP contribution is -2.32. The minimum Gasteiger partial charge on any atom is -0.350 e. The topological polar surface area (TPSA) is 79.5 Å². The Balaban J connectivity index is 1.54. The summed E-state index contributed by atoms with van der Waals surface area (Å²) in [4.78, 5) is 19.0. The molecule has 0 spiro atoms. The molecule has 0 bridgehead atoms. The highest BCUT2D eigenvalue weighted by Gasteiger charge is 2.32. The molecule has 3 atom stereocenters. The van der Waals surface area contributed by atoms with Gasteiger partial charge in [0.05, 0.1) is 10.9 Å². The molecule has 27 heavy (non-hydrogen) atoms. The second kappa shape index (κ2) is 7.80. The third-order valence-electron chi connectivity index (χ3n) is 4.73. The van der Waals surface area contributed by atoms with Gasteiger partial charge in [-0.05, 0) is 33.8 Å². The average Bonchev–Trinajstić information content (AvgIpc) is 3.33. The van der Waals surface area contributed by atoms with Crippen molar-refractivity contribution in [1.82, 2.24) is 10.6 Å². The largest absolute Gasteiger partial charge is 0.350 e. The van der Waals surface area contributed by atoms with Crippen molar-refractivity contribution in [3.8, 4) is 0 Å². The van der Waals surface area contributed by atoms with E-state index in [9.17, 15) is 4.79 Å². The van der Waals surface area contributed by atoms with Crippen molar-refractivity contribution in [3.05, 3.63) is 80.7 Å². The summed E-state index contributed by atoms with van der Waals surface area (Å²) in [6.07, 6.45) is 7.93. The van der Waals surface area contributed by atoms with Gasteiger partial charge >= 0.3 is 0 Å². The highest BCUT2D eigenvalue weighted by atomic mass is 79.9. The summed E-state index contributed by atoms with van der Waals surface area (Å²) in [6, 6.07) is 11.5. The maximum absolute atomic E-state index is 12.8. The number of allylic oxidation sites excluding steroid dienone is 1. The van der Waals surface area contributed by atoms with Gasteiger partial charge < -0.3 is 16.4 Å². The molecule has 4 N–H and O–H groups in total. The third-order valence-corrected chi connectivity index (χ3v) is 6.88. The molecule has 0 fully saturated rings. The number of amides is 1. The minimum atomic E-state index is -0.210. The Hall–Kier alpha value is -2.22. The minimum absolute atomic E-state index is 0.111. The van der Waals surface area contributed by atoms with E-state index in [1.165, 1.54) is 11.3 Å². The molecule has 0 aliphatic carbocycles. The Kier molecular flexibility index (Phi) is 5.24. The number of nitrogens with zero attached hydrogens (tertiary/aromatic N) is 1. The number of hydrogen-bond acceptors (Lipinski definition) is 5. The molecule has 1 aromatic carbocycles. The molecule has 138 valence electrons. The molecule has 1 amide bonds. The Morgan fingerprint density at radius 2 is 2.11 bits per heavy atom. The molecule has 2 aliphatic heterocycles. The summed E-state index contributed by atoms with van der Waals surface area (Å²) < 4.78 is 0.942. The van der Waals surface area contributed by atoms with Gasteiger partial charge in [-0.3, -0.25) is 4.79 Å². The van der Waals surface area contributed by atoms with Crippen LogP contribution in [0.1, 0.15) is 32.1 Å². The molecule has 3 heterocycles. The number of carbonyl (C=O) groups is 1. The molecule has 5 nitrogen and oxygen atoms in total. The molecular formula is C20H19BrN4OS. The fourth-order valence-electron chi connectivity index (χ4n) is 3.34. The maximum atomic E-state index is 12.8. The number of benzene rings is 1. The number of halogens is 1. The number of nitrogens with one attached hydrogen (secondary N) is 2. The number of hydrogen-bond donors (Lipinski definition) is 3. The summed E-state index contributed by atoms with van der Waals surface area (Å²) in [7, 11) is 0. The van der Waals surface area contributed by atoms with Gasteiger partial charge in [0.1, 0.15) is 5.84 Å². The highest BCUT2D eigenvalue weighted by molar-refractivity contribution is 9.10. The molecule has 0 saturated carbocycles. The van der Waals surface area contributed by atoms with Crippen LogP contribution in [0.5, 0.6) is 0 Å². The number of fused-ring (bicyclic) bond motifs is 1. The lowest BCUT2D eigenvalue weighted by atomic mass is 9.89. The van der Waals surface area contributed by atoms with Gasteiger partial charge in [0.25, 0.3) is 5.91 Å². The van der Waals surface area contributed by atoms with Gasteiger partial charge in [-0.1, -0.05) is 42.5 Å². The van der Waals surface area contributed by atoms with Crippen molar-refractivity contribution in [2.45, 2.75) is 12.0 Å². The Bertz CT molecular complexity index is 935. The van der Waals surface area contributed by atoms with Crippen molar-refractivity contribution in [3.63, 3.8) is 0 Å². The molecule has 0 radical (unpaired) electrons. The SMILES string of the molecule is NCC(NC(=O)c1cc(Br)c(C2C=CN=C3NC=CC32)s1)c1ccccc1. The zero-order valence-electron chi connectivity index (χ0n) is 14.4. The number of thiophene rings is 1. The predicted molar refractivity (Wildman–Crippen MR) is 113 cm³/mol. The maximum Gasteiger partial charge on any atom is 0.261 e. The molecule has 3 unspecified atom stereocenters. The molecule has 0 saturated heterocycles. The third kappa shape index (κ3) is 3.63. The normalized spacial score (nSPS) is 21.3. The number of nitrogens with two attached hydrogens (primary N) is 1. The van der Waals surface area contributed by atoms with E-state index in [0.29, 0.717) is 11.4 Å². The van der Waals surface area contributed by atoms with Crippen LogP contribution in [-0.2, 0) is 0 Å². The van der Waals surface area contributed by atoms with E-state index in [2.05, 4.69) is 43.7 Å². The van der Waals surface area contributed by atoms with Crippen molar-refractivity contribution >= 4 is 39.0 Å². The van der Waals surface area contributed by atoms with E-state index in [0.717, 1.165) is 20.7 Å². The van der Waals surface area contributed by atoms with E-state index < -0.39 is 0 Å². The first-order valence-corrected chi connectivity index (χ1v) is 10.3. The average molecular weight is 443 g/mol. The number of aliphatic imine (C=N–C) groups is 1. The Labute approximate surface area is 170 Å². The van der Waals surface area contributed by atoms with Crippen molar-refractivity contribution in [2.75, 3.05) is 6.54 Å². The standard InChI is InChI=1S/C20H19BrN4OS/c21-15-10-17(20(26)25-16(11-22)12-4-2-1-3-5-12)27-18(15)13-6-8-23-19-14(13)7-9-24-19/h1-10,13-14,16H,11,22H2,(H,23,24)(H,25,26). The summed E-state index contributed by atoms with van der Waals surface area (Å²) in [5, 5.41) is 6.22. The van der Waals surface area contributed by atoms with Gasteiger partial charge in [-0.15, -0.1) is 11.3 Å². The van der Waals surface area contributed by atoms with Crippen molar-refractivity contribution in [2.24, 2.45) is 16.6 Å². The second-order valence-corrected chi connectivity index (χ2v) is 8.34. The van der Waals surface area contributed by atoms with E-state index in [1.807, 2.05) is 48.8 Å². The van der Waals surface area contributed by atoms with Crippen LogP contribution in [-0.4, -0.2) is 18.3 Å².